The van der Waals surface area contributed by atoms with Gasteiger partial charge in [0, 0.05) is 11.3 Å². The molecule has 3 N–H and O–H groups in total. The number of rotatable bonds is 5. The van der Waals surface area contributed by atoms with Crippen molar-refractivity contribution >= 4 is 11.6 Å². The fraction of sp³-hybridized carbons (Fsp3) is 0.188. The van der Waals surface area contributed by atoms with Gasteiger partial charge in [-0.15, -0.1) is 0 Å². The predicted molar refractivity (Wildman–Crippen MR) is 78.8 cm³/mol. The third-order valence-electron chi connectivity index (χ3n) is 3.09. The summed E-state index contributed by atoms with van der Waals surface area (Å²) in [4.78, 5) is 11.3. The SMILES string of the molecule is CCC(Nc1ccccc1-c1ccccc1)C(N)=O. The van der Waals surface area contributed by atoms with E-state index in [-0.39, 0.29) is 11.9 Å². The average Bonchev–Trinajstić information content (AvgIpc) is 2.45. The Bertz CT molecular complexity index is 552. The van der Waals surface area contributed by atoms with Gasteiger partial charge in [0.25, 0.3) is 0 Å². The monoisotopic (exact) mass is 254 g/mol. The zero-order valence-corrected chi connectivity index (χ0v) is 11.0. The highest BCUT2D eigenvalue weighted by atomic mass is 16.1. The molecule has 0 aliphatic carbocycles. The Morgan fingerprint density at radius 1 is 1.11 bits per heavy atom. The number of para-hydroxylation sites is 1. The molecule has 98 valence electrons. The van der Waals surface area contributed by atoms with E-state index < -0.39 is 0 Å². The van der Waals surface area contributed by atoms with Gasteiger partial charge >= 0.3 is 0 Å². The molecule has 0 aliphatic rings. The maximum absolute atomic E-state index is 11.3. The molecule has 0 spiro atoms. The number of nitrogens with two attached hydrogens (primary N) is 1. The Morgan fingerprint density at radius 3 is 2.37 bits per heavy atom. The van der Waals surface area contributed by atoms with Crippen molar-refractivity contribution < 1.29 is 4.79 Å². The first-order valence-electron chi connectivity index (χ1n) is 6.42. The van der Waals surface area contributed by atoms with E-state index in [0.29, 0.717) is 6.42 Å². The van der Waals surface area contributed by atoms with E-state index in [1.807, 2.05) is 61.5 Å². The van der Waals surface area contributed by atoms with Gasteiger partial charge in [-0.2, -0.15) is 0 Å². The Morgan fingerprint density at radius 2 is 1.74 bits per heavy atom. The van der Waals surface area contributed by atoms with Gasteiger partial charge in [-0.1, -0.05) is 55.5 Å². The summed E-state index contributed by atoms with van der Waals surface area (Å²) in [6, 6.07) is 17.7. The molecule has 2 rings (SSSR count). The summed E-state index contributed by atoms with van der Waals surface area (Å²) in [5.41, 5.74) is 8.50. The molecule has 0 aliphatic heterocycles. The summed E-state index contributed by atoms with van der Waals surface area (Å²) < 4.78 is 0. The van der Waals surface area contributed by atoms with E-state index in [1.54, 1.807) is 0 Å². The lowest BCUT2D eigenvalue weighted by Crippen LogP contribution is -2.34. The van der Waals surface area contributed by atoms with Crippen LogP contribution in [-0.2, 0) is 4.79 Å². The first-order chi connectivity index (χ1) is 9.22. The van der Waals surface area contributed by atoms with Gasteiger partial charge in [0.2, 0.25) is 5.91 Å². The van der Waals surface area contributed by atoms with Crippen molar-refractivity contribution in [1.29, 1.82) is 0 Å². The van der Waals surface area contributed by atoms with Crippen LogP contribution in [0, 0.1) is 0 Å². The van der Waals surface area contributed by atoms with E-state index >= 15 is 0 Å². The van der Waals surface area contributed by atoms with E-state index in [9.17, 15) is 4.79 Å². The molecule has 0 heterocycles. The molecule has 0 radical (unpaired) electrons. The minimum absolute atomic E-state index is 0.328. The molecule has 0 fully saturated rings. The number of hydrogen-bond acceptors (Lipinski definition) is 2. The molecule has 3 nitrogen and oxygen atoms in total. The number of amides is 1. The van der Waals surface area contributed by atoms with Crippen LogP contribution in [0.3, 0.4) is 0 Å². The second-order valence-electron chi connectivity index (χ2n) is 4.42. The highest BCUT2D eigenvalue weighted by molar-refractivity contribution is 5.86. The van der Waals surface area contributed by atoms with Crippen LogP contribution in [0.5, 0.6) is 0 Å². The third-order valence-corrected chi connectivity index (χ3v) is 3.09. The quantitative estimate of drug-likeness (QED) is 0.861. The van der Waals surface area contributed by atoms with Gasteiger partial charge in [-0.25, -0.2) is 0 Å². The summed E-state index contributed by atoms with van der Waals surface area (Å²) in [5, 5.41) is 3.22. The first-order valence-corrected chi connectivity index (χ1v) is 6.42. The molecule has 2 aromatic carbocycles. The minimum atomic E-state index is -0.343. The van der Waals surface area contributed by atoms with Crippen LogP contribution in [0.2, 0.25) is 0 Å². The molecule has 0 saturated carbocycles. The Balaban J connectivity index is 2.34. The summed E-state index contributed by atoms with van der Waals surface area (Å²) in [6.45, 7) is 1.94. The van der Waals surface area contributed by atoms with E-state index in [2.05, 4.69) is 5.32 Å². The van der Waals surface area contributed by atoms with Crippen LogP contribution in [0.1, 0.15) is 13.3 Å². The predicted octanol–water partition coefficient (Wildman–Crippen LogP) is 3.03. The Hall–Kier alpha value is -2.29. The average molecular weight is 254 g/mol. The maximum atomic E-state index is 11.3. The van der Waals surface area contributed by atoms with Gasteiger partial charge in [0.05, 0.1) is 0 Å². The van der Waals surface area contributed by atoms with E-state index in [1.165, 1.54) is 0 Å². The van der Waals surface area contributed by atoms with Crippen molar-refractivity contribution in [2.75, 3.05) is 5.32 Å². The standard InChI is InChI=1S/C16H18N2O/c1-2-14(16(17)19)18-15-11-7-6-10-13(15)12-8-4-3-5-9-12/h3-11,14,18H,2H2,1H3,(H2,17,19). The van der Waals surface area contributed by atoms with Crippen molar-refractivity contribution in [2.45, 2.75) is 19.4 Å². The molecule has 1 atom stereocenters. The van der Waals surface area contributed by atoms with Crippen LogP contribution in [0.25, 0.3) is 11.1 Å². The molecule has 19 heavy (non-hydrogen) atoms. The number of benzene rings is 2. The molecule has 2 aromatic rings. The zero-order valence-electron chi connectivity index (χ0n) is 11.0. The lowest BCUT2D eigenvalue weighted by molar-refractivity contribution is -0.118. The molecule has 0 saturated heterocycles. The number of primary amides is 1. The number of nitrogens with one attached hydrogen (secondary N) is 1. The van der Waals surface area contributed by atoms with Gasteiger partial charge in [-0.05, 0) is 18.1 Å². The van der Waals surface area contributed by atoms with Gasteiger partial charge in [0.1, 0.15) is 6.04 Å². The first kappa shape index (κ1) is 13.1. The number of carbonyl (C=O) groups excluding carboxylic acids is 1. The van der Waals surface area contributed by atoms with Crippen LogP contribution in [0.15, 0.2) is 54.6 Å². The largest absolute Gasteiger partial charge is 0.373 e. The van der Waals surface area contributed by atoms with Crippen LogP contribution in [0.4, 0.5) is 5.69 Å². The van der Waals surface area contributed by atoms with Gasteiger partial charge in [0.15, 0.2) is 0 Å². The van der Waals surface area contributed by atoms with Crippen LogP contribution >= 0.6 is 0 Å². The number of hydrogen-bond donors (Lipinski definition) is 2. The van der Waals surface area contributed by atoms with Gasteiger partial charge < -0.3 is 11.1 Å². The molecule has 3 heteroatoms. The van der Waals surface area contributed by atoms with Crippen molar-refractivity contribution in [3.05, 3.63) is 54.6 Å². The highest BCUT2D eigenvalue weighted by Crippen LogP contribution is 2.28. The fourth-order valence-corrected chi connectivity index (χ4v) is 2.04. The maximum Gasteiger partial charge on any atom is 0.239 e. The molecule has 1 unspecified atom stereocenters. The highest BCUT2D eigenvalue weighted by Gasteiger charge is 2.14. The number of carbonyl (C=O) groups is 1. The Labute approximate surface area is 113 Å². The normalized spacial score (nSPS) is 11.8. The van der Waals surface area contributed by atoms with Crippen molar-refractivity contribution in [3.63, 3.8) is 0 Å². The summed E-state index contributed by atoms with van der Waals surface area (Å²) in [7, 11) is 0. The summed E-state index contributed by atoms with van der Waals surface area (Å²) in [5.74, 6) is -0.328. The van der Waals surface area contributed by atoms with Crippen molar-refractivity contribution in [1.82, 2.24) is 0 Å². The molecule has 0 aromatic heterocycles. The van der Waals surface area contributed by atoms with E-state index in [0.717, 1.165) is 16.8 Å². The second kappa shape index (κ2) is 6.05. The lowest BCUT2D eigenvalue weighted by atomic mass is 10.0. The molecular weight excluding hydrogens is 236 g/mol. The second-order valence-corrected chi connectivity index (χ2v) is 4.42. The third kappa shape index (κ3) is 3.13. The smallest absolute Gasteiger partial charge is 0.239 e. The molecule has 1 amide bonds. The minimum Gasteiger partial charge on any atom is -0.373 e. The molecule has 0 bridgehead atoms. The summed E-state index contributed by atoms with van der Waals surface area (Å²) in [6.07, 6.45) is 0.665. The fourth-order valence-electron chi connectivity index (χ4n) is 2.04. The van der Waals surface area contributed by atoms with Crippen LogP contribution in [-0.4, -0.2) is 11.9 Å². The Kier molecular flexibility index (Phi) is 4.18. The lowest BCUT2D eigenvalue weighted by Gasteiger charge is -2.17. The van der Waals surface area contributed by atoms with Crippen molar-refractivity contribution in [3.8, 4) is 11.1 Å². The zero-order chi connectivity index (χ0) is 13.7. The summed E-state index contributed by atoms with van der Waals surface area (Å²) >= 11 is 0. The van der Waals surface area contributed by atoms with Crippen molar-refractivity contribution in [2.24, 2.45) is 5.73 Å². The van der Waals surface area contributed by atoms with E-state index in [4.69, 9.17) is 5.73 Å². The van der Waals surface area contributed by atoms with Crippen LogP contribution < -0.4 is 11.1 Å². The topological polar surface area (TPSA) is 55.1 Å². The number of anilines is 1. The molecular formula is C16H18N2O. The van der Waals surface area contributed by atoms with Gasteiger partial charge in [-0.3, -0.25) is 4.79 Å².